The Hall–Kier alpha value is -1.22. The summed E-state index contributed by atoms with van der Waals surface area (Å²) >= 11 is 0. The summed E-state index contributed by atoms with van der Waals surface area (Å²) in [6, 6.07) is 4.20. The highest BCUT2D eigenvalue weighted by Gasteiger charge is 2.33. The monoisotopic (exact) mass is 379 g/mol. The normalized spacial score (nSPS) is 22.6. The third-order valence-electron chi connectivity index (χ3n) is 4.15. The molecule has 1 aliphatic rings. The maximum absolute atomic E-state index is 13.7. The van der Waals surface area contributed by atoms with Crippen molar-refractivity contribution >= 4 is 28.3 Å². The predicted molar refractivity (Wildman–Crippen MR) is 92.1 cm³/mol. The van der Waals surface area contributed by atoms with Gasteiger partial charge in [0.25, 0.3) is 0 Å². The van der Waals surface area contributed by atoms with E-state index in [1.807, 2.05) is 13.8 Å². The standard InChI is InChI=1S/C15H22FN3O3S.ClH/c1-10-12(3)19(9-8-17-10)15(20)11(2)18-23(21,22)14-7-5-4-6-13(14)16;/h4-7,10-12,17-18H,8-9H2,1-3H3;1H. The highest BCUT2D eigenvalue weighted by Crippen LogP contribution is 2.15. The van der Waals surface area contributed by atoms with E-state index in [9.17, 15) is 17.6 Å². The molecule has 6 nitrogen and oxygen atoms in total. The second-order valence-electron chi connectivity index (χ2n) is 5.79. The van der Waals surface area contributed by atoms with Crippen LogP contribution in [-0.4, -0.2) is 50.4 Å². The van der Waals surface area contributed by atoms with Crippen LogP contribution < -0.4 is 10.0 Å². The van der Waals surface area contributed by atoms with E-state index in [0.717, 1.165) is 6.07 Å². The van der Waals surface area contributed by atoms with Gasteiger partial charge in [-0.3, -0.25) is 4.79 Å². The van der Waals surface area contributed by atoms with Crippen molar-refractivity contribution in [2.24, 2.45) is 0 Å². The van der Waals surface area contributed by atoms with E-state index in [1.165, 1.54) is 25.1 Å². The summed E-state index contributed by atoms with van der Waals surface area (Å²) in [5.74, 6) is -1.16. The lowest BCUT2D eigenvalue weighted by atomic mass is 10.1. The summed E-state index contributed by atoms with van der Waals surface area (Å²) in [7, 11) is -4.09. The molecule has 2 N–H and O–H groups in total. The highest BCUT2D eigenvalue weighted by molar-refractivity contribution is 7.89. The first-order valence-electron chi connectivity index (χ1n) is 7.55. The van der Waals surface area contributed by atoms with Crippen molar-refractivity contribution < 1.29 is 17.6 Å². The Labute approximate surface area is 148 Å². The van der Waals surface area contributed by atoms with Gasteiger partial charge in [0.2, 0.25) is 15.9 Å². The van der Waals surface area contributed by atoms with Crippen molar-refractivity contribution in [2.75, 3.05) is 13.1 Å². The van der Waals surface area contributed by atoms with E-state index in [2.05, 4.69) is 10.0 Å². The van der Waals surface area contributed by atoms with Gasteiger partial charge < -0.3 is 10.2 Å². The van der Waals surface area contributed by atoms with Crippen LogP contribution in [0.3, 0.4) is 0 Å². The maximum atomic E-state index is 13.7. The number of carbonyl (C=O) groups is 1. The third kappa shape index (κ3) is 4.44. The number of benzene rings is 1. The van der Waals surface area contributed by atoms with Crippen molar-refractivity contribution in [1.29, 1.82) is 0 Å². The minimum atomic E-state index is -4.09. The van der Waals surface area contributed by atoms with Crippen LogP contribution in [0.15, 0.2) is 29.2 Å². The van der Waals surface area contributed by atoms with Gasteiger partial charge in [-0.25, -0.2) is 12.8 Å². The van der Waals surface area contributed by atoms with Gasteiger partial charge in [0.15, 0.2) is 0 Å². The molecule has 1 fully saturated rings. The molecule has 1 aromatic rings. The van der Waals surface area contributed by atoms with E-state index < -0.39 is 26.8 Å². The smallest absolute Gasteiger partial charge is 0.244 e. The SMILES string of the molecule is CC(NS(=O)(=O)c1ccccc1F)C(=O)N1CCNC(C)C1C.Cl. The zero-order valence-corrected chi connectivity index (χ0v) is 15.5. The van der Waals surface area contributed by atoms with Gasteiger partial charge in [-0.05, 0) is 32.9 Å². The summed E-state index contributed by atoms with van der Waals surface area (Å²) in [4.78, 5) is 13.7. The fourth-order valence-corrected chi connectivity index (χ4v) is 3.90. The number of sulfonamides is 1. The third-order valence-corrected chi connectivity index (χ3v) is 5.72. The van der Waals surface area contributed by atoms with E-state index in [1.54, 1.807) is 4.90 Å². The Balaban J connectivity index is 0.00000288. The Morgan fingerprint density at radius 1 is 1.38 bits per heavy atom. The fourth-order valence-electron chi connectivity index (χ4n) is 2.63. The number of amides is 1. The largest absolute Gasteiger partial charge is 0.336 e. The first-order chi connectivity index (χ1) is 10.7. The van der Waals surface area contributed by atoms with E-state index >= 15 is 0 Å². The number of nitrogens with one attached hydrogen (secondary N) is 2. The van der Waals surface area contributed by atoms with Crippen LogP contribution in [0.2, 0.25) is 0 Å². The van der Waals surface area contributed by atoms with Crippen LogP contribution in [0.5, 0.6) is 0 Å². The van der Waals surface area contributed by atoms with Crippen LogP contribution in [0, 0.1) is 5.82 Å². The van der Waals surface area contributed by atoms with Crippen molar-refractivity contribution in [3.05, 3.63) is 30.1 Å². The molecule has 136 valence electrons. The van der Waals surface area contributed by atoms with Gasteiger partial charge >= 0.3 is 0 Å². The Bertz CT molecular complexity index is 686. The molecular formula is C15H23ClFN3O3S. The van der Waals surface area contributed by atoms with Crippen molar-refractivity contribution in [3.8, 4) is 0 Å². The molecule has 0 bridgehead atoms. The average Bonchev–Trinajstić information content (AvgIpc) is 2.49. The first-order valence-corrected chi connectivity index (χ1v) is 9.03. The predicted octanol–water partition coefficient (Wildman–Crippen LogP) is 1.12. The molecule has 0 saturated carbocycles. The second-order valence-corrected chi connectivity index (χ2v) is 7.47. The molecule has 24 heavy (non-hydrogen) atoms. The van der Waals surface area contributed by atoms with E-state index in [0.29, 0.717) is 13.1 Å². The van der Waals surface area contributed by atoms with Crippen LogP contribution >= 0.6 is 12.4 Å². The van der Waals surface area contributed by atoms with E-state index in [4.69, 9.17) is 0 Å². The molecule has 1 heterocycles. The summed E-state index contributed by atoms with van der Waals surface area (Å²) < 4.78 is 40.5. The number of piperazine rings is 1. The lowest BCUT2D eigenvalue weighted by Gasteiger charge is -2.39. The molecule has 3 unspecified atom stereocenters. The topological polar surface area (TPSA) is 78.5 Å². The highest BCUT2D eigenvalue weighted by atomic mass is 35.5. The van der Waals surface area contributed by atoms with Crippen molar-refractivity contribution in [3.63, 3.8) is 0 Å². The molecule has 1 amide bonds. The first kappa shape index (κ1) is 20.8. The van der Waals surface area contributed by atoms with Crippen molar-refractivity contribution in [2.45, 2.75) is 43.8 Å². The molecule has 0 aliphatic carbocycles. The zero-order valence-electron chi connectivity index (χ0n) is 13.8. The van der Waals surface area contributed by atoms with Gasteiger partial charge in [-0.1, -0.05) is 12.1 Å². The van der Waals surface area contributed by atoms with Crippen LogP contribution in [-0.2, 0) is 14.8 Å². The molecule has 1 saturated heterocycles. The quantitative estimate of drug-likeness (QED) is 0.821. The summed E-state index contributed by atoms with van der Waals surface area (Å²) in [6.07, 6.45) is 0. The van der Waals surface area contributed by atoms with Gasteiger partial charge in [0, 0.05) is 25.2 Å². The number of hydrogen-bond acceptors (Lipinski definition) is 4. The van der Waals surface area contributed by atoms with Gasteiger partial charge in [0.1, 0.15) is 10.7 Å². The molecule has 2 rings (SSSR count). The molecule has 0 radical (unpaired) electrons. The van der Waals surface area contributed by atoms with Crippen molar-refractivity contribution in [1.82, 2.24) is 14.9 Å². The fraction of sp³-hybridized carbons (Fsp3) is 0.533. The summed E-state index contributed by atoms with van der Waals surface area (Å²) in [5.41, 5.74) is 0. The van der Waals surface area contributed by atoms with Crippen LogP contribution in [0.25, 0.3) is 0 Å². The minimum Gasteiger partial charge on any atom is -0.336 e. The number of halogens is 2. The van der Waals surface area contributed by atoms with Gasteiger partial charge in [0.05, 0.1) is 6.04 Å². The molecule has 9 heteroatoms. The number of hydrogen-bond donors (Lipinski definition) is 2. The summed E-state index contributed by atoms with van der Waals surface area (Å²) in [5, 5.41) is 3.25. The average molecular weight is 380 g/mol. The number of rotatable bonds is 4. The second kappa shape index (κ2) is 8.24. The Morgan fingerprint density at radius 3 is 2.62 bits per heavy atom. The Morgan fingerprint density at radius 2 is 2.00 bits per heavy atom. The zero-order chi connectivity index (χ0) is 17.2. The molecule has 3 atom stereocenters. The minimum absolute atomic E-state index is 0. The molecule has 1 aliphatic heterocycles. The lowest BCUT2D eigenvalue weighted by molar-refractivity contribution is -0.136. The van der Waals surface area contributed by atoms with Crippen LogP contribution in [0.1, 0.15) is 20.8 Å². The molecular weight excluding hydrogens is 357 g/mol. The van der Waals surface area contributed by atoms with Gasteiger partial charge in [-0.15, -0.1) is 12.4 Å². The van der Waals surface area contributed by atoms with Gasteiger partial charge in [-0.2, -0.15) is 4.72 Å². The number of nitrogens with zero attached hydrogens (tertiary/aromatic N) is 1. The molecule has 1 aromatic carbocycles. The Kier molecular flexibility index (Phi) is 7.15. The maximum Gasteiger partial charge on any atom is 0.244 e. The summed E-state index contributed by atoms with van der Waals surface area (Å²) in [6.45, 7) is 6.52. The molecule has 0 aromatic heterocycles. The van der Waals surface area contributed by atoms with E-state index in [-0.39, 0.29) is 30.4 Å². The van der Waals surface area contributed by atoms with Crippen LogP contribution in [0.4, 0.5) is 4.39 Å². The number of carbonyl (C=O) groups excluding carboxylic acids is 1. The lowest BCUT2D eigenvalue weighted by Crippen LogP contribution is -2.60. The molecule has 0 spiro atoms.